The van der Waals surface area contributed by atoms with E-state index < -0.39 is 10.9 Å². The van der Waals surface area contributed by atoms with Crippen LogP contribution in [0.15, 0.2) is 54.6 Å². The Morgan fingerprint density at radius 2 is 1.81 bits per heavy atom. The number of hydrogen-bond acceptors (Lipinski definition) is 4. The maximum absolute atomic E-state index is 11.9. The Labute approximate surface area is 180 Å². The smallest absolute Gasteiger partial charge is 0.311 e. The molecular formula is C25H25NO5. The van der Waals surface area contributed by atoms with Crippen LogP contribution >= 0.6 is 0 Å². The van der Waals surface area contributed by atoms with Gasteiger partial charge in [0.15, 0.2) is 0 Å². The molecule has 3 aromatic carbocycles. The Bertz CT molecular complexity index is 1120. The summed E-state index contributed by atoms with van der Waals surface area (Å²) in [4.78, 5) is 22.5. The van der Waals surface area contributed by atoms with Gasteiger partial charge in [0, 0.05) is 18.1 Å². The van der Waals surface area contributed by atoms with Crippen LogP contribution in [0.5, 0.6) is 5.75 Å². The summed E-state index contributed by atoms with van der Waals surface area (Å²) in [5.74, 6) is -0.251. The van der Waals surface area contributed by atoms with Crippen LogP contribution in [0, 0.1) is 16.0 Å². The second kappa shape index (κ2) is 9.16. The summed E-state index contributed by atoms with van der Waals surface area (Å²) in [7, 11) is 0. The van der Waals surface area contributed by atoms with Gasteiger partial charge < -0.3 is 9.84 Å². The van der Waals surface area contributed by atoms with Crippen molar-refractivity contribution in [2.24, 2.45) is 5.92 Å². The number of aliphatic carboxylic acids is 1. The topological polar surface area (TPSA) is 89.7 Å². The lowest BCUT2D eigenvalue weighted by Gasteiger charge is -2.17. The molecule has 1 fully saturated rings. The van der Waals surface area contributed by atoms with Gasteiger partial charge in [0.25, 0.3) is 0 Å². The molecule has 1 aliphatic carbocycles. The Morgan fingerprint density at radius 1 is 1.06 bits per heavy atom. The number of carbonyl (C=O) groups is 1. The summed E-state index contributed by atoms with van der Waals surface area (Å²) in [5.41, 5.74) is 1.97. The second-order valence-electron chi connectivity index (χ2n) is 8.17. The number of aryl methyl sites for hydroxylation is 1. The Hall–Kier alpha value is -3.41. The predicted molar refractivity (Wildman–Crippen MR) is 119 cm³/mol. The highest BCUT2D eigenvalue weighted by Crippen LogP contribution is 2.41. The van der Waals surface area contributed by atoms with Crippen molar-refractivity contribution in [1.82, 2.24) is 0 Å². The first-order valence-electron chi connectivity index (χ1n) is 10.7. The maximum Gasteiger partial charge on any atom is 0.311 e. The number of benzene rings is 3. The van der Waals surface area contributed by atoms with Crippen molar-refractivity contribution >= 4 is 22.4 Å². The predicted octanol–water partition coefficient (Wildman–Crippen LogP) is 6.00. The number of nitro groups is 1. The summed E-state index contributed by atoms with van der Waals surface area (Å²) in [5, 5.41) is 23.1. The second-order valence-corrected chi connectivity index (χ2v) is 8.17. The first-order valence-corrected chi connectivity index (χ1v) is 10.7. The first-order chi connectivity index (χ1) is 15.0. The third kappa shape index (κ3) is 4.85. The Kier molecular flexibility index (Phi) is 6.16. The lowest BCUT2D eigenvalue weighted by Crippen LogP contribution is -2.10. The van der Waals surface area contributed by atoms with Crippen LogP contribution in [0.2, 0.25) is 0 Å². The number of rotatable bonds is 8. The molecule has 0 aliphatic heterocycles. The zero-order chi connectivity index (χ0) is 21.8. The van der Waals surface area contributed by atoms with E-state index in [9.17, 15) is 14.9 Å². The molecule has 1 N–H and O–H groups in total. The van der Waals surface area contributed by atoms with E-state index in [1.807, 2.05) is 48.5 Å². The molecule has 1 aliphatic rings. The van der Waals surface area contributed by atoms with E-state index in [2.05, 4.69) is 0 Å². The molecule has 0 amide bonds. The average Bonchev–Trinajstić information content (AvgIpc) is 3.29. The molecule has 0 unspecified atom stereocenters. The minimum atomic E-state index is -0.934. The van der Waals surface area contributed by atoms with Crippen molar-refractivity contribution < 1.29 is 19.6 Å². The van der Waals surface area contributed by atoms with Gasteiger partial charge in [0.1, 0.15) is 0 Å². The van der Waals surface area contributed by atoms with Gasteiger partial charge in [-0.15, -0.1) is 0 Å². The third-order valence-electron chi connectivity index (χ3n) is 5.95. The molecule has 0 atom stereocenters. The molecule has 6 heteroatoms. The molecule has 0 radical (unpaired) electrons. The van der Waals surface area contributed by atoms with Gasteiger partial charge in [-0.2, -0.15) is 0 Å². The van der Waals surface area contributed by atoms with E-state index in [1.165, 1.54) is 18.9 Å². The maximum atomic E-state index is 11.9. The third-order valence-corrected chi connectivity index (χ3v) is 5.95. The highest BCUT2D eigenvalue weighted by molar-refractivity contribution is 5.89. The minimum absolute atomic E-state index is 0.0867. The van der Waals surface area contributed by atoms with Gasteiger partial charge in [-0.3, -0.25) is 14.9 Å². The van der Waals surface area contributed by atoms with Crippen LogP contribution in [0.4, 0.5) is 5.69 Å². The van der Waals surface area contributed by atoms with Crippen molar-refractivity contribution in [3.63, 3.8) is 0 Å². The van der Waals surface area contributed by atoms with E-state index in [1.54, 1.807) is 0 Å². The monoisotopic (exact) mass is 419 g/mol. The normalized spacial score (nSPS) is 14.1. The van der Waals surface area contributed by atoms with Crippen LogP contribution < -0.4 is 4.74 Å². The van der Waals surface area contributed by atoms with E-state index >= 15 is 0 Å². The number of hydrogen-bond donors (Lipinski definition) is 1. The lowest BCUT2D eigenvalue weighted by atomic mass is 9.96. The summed E-state index contributed by atoms with van der Waals surface area (Å²) in [6, 6.07) is 17.2. The molecule has 0 aromatic heterocycles. The van der Waals surface area contributed by atoms with E-state index in [0.717, 1.165) is 29.2 Å². The van der Waals surface area contributed by atoms with Gasteiger partial charge in [-0.05, 0) is 59.2 Å². The zero-order valence-electron chi connectivity index (χ0n) is 17.3. The molecular weight excluding hydrogens is 394 g/mol. The van der Waals surface area contributed by atoms with Gasteiger partial charge >= 0.3 is 11.7 Å². The number of ether oxygens (including phenoxy) is 1. The molecule has 1 saturated carbocycles. The number of carboxylic acids is 1. The van der Waals surface area contributed by atoms with Crippen molar-refractivity contribution in [2.45, 2.75) is 38.5 Å². The molecule has 0 bridgehead atoms. The molecule has 6 nitrogen and oxygen atoms in total. The van der Waals surface area contributed by atoms with Gasteiger partial charge in [0.2, 0.25) is 5.75 Å². The van der Waals surface area contributed by atoms with E-state index in [-0.39, 0.29) is 24.3 Å². The molecule has 3 aromatic rings. The molecule has 31 heavy (non-hydrogen) atoms. The van der Waals surface area contributed by atoms with E-state index in [0.29, 0.717) is 23.7 Å². The van der Waals surface area contributed by atoms with Gasteiger partial charge in [-0.1, -0.05) is 49.2 Å². The van der Waals surface area contributed by atoms with Crippen molar-refractivity contribution in [1.29, 1.82) is 0 Å². The standard InChI is InChI=1S/C25H25NO5/c27-24(28)12-9-18-13-22(21-11-10-19-7-3-4-8-20(19)15-21)25(23(14-18)26(29)30)31-16-17-5-1-2-6-17/h3-4,7-8,10-11,13-15,17H,1-2,5-6,9,12,16H2,(H,27,28). The number of nitro benzene ring substituents is 1. The van der Waals surface area contributed by atoms with Crippen molar-refractivity contribution in [3.8, 4) is 16.9 Å². The summed E-state index contributed by atoms with van der Waals surface area (Å²) in [6.45, 7) is 0.454. The highest BCUT2D eigenvalue weighted by atomic mass is 16.6. The minimum Gasteiger partial charge on any atom is -0.486 e. The summed E-state index contributed by atoms with van der Waals surface area (Å²) in [6.07, 6.45) is 4.63. The summed E-state index contributed by atoms with van der Waals surface area (Å²) < 4.78 is 6.10. The van der Waals surface area contributed by atoms with Crippen LogP contribution in [0.25, 0.3) is 21.9 Å². The van der Waals surface area contributed by atoms with Gasteiger partial charge in [0.05, 0.1) is 11.5 Å². The van der Waals surface area contributed by atoms with Crippen LogP contribution in [0.3, 0.4) is 0 Å². The van der Waals surface area contributed by atoms with Crippen molar-refractivity contribution in [2.75, 3.05) is 6.61 Å². The zero-order valence-corrected chi connectivity index (χ0v) is 17.3. The van der Waals surface area contributed by atoms with E-state index in [4.69, 9.17) is 9.84 Å². The SMILES string of the molecule is O=C(O)CCc1cc(-c2ccc3ccccc3c2)c(OCC2CCCC2)c([N+](=O)[O-])c1. The first kappa shape index (κ1) is 20.8. The number of carboxylic acid groups (broad SMARTS) is 1. The molecule has 0 saturated heterocycles. The van der Waals surface area contributed by atoms with Crippen LogP contribution in [0.1, 0.15) is 37.7 Å². The number of nitrogens with zero attached hydrogens (tertiary/aromatic N) is 1. The number of fused-ring (bicyclic) bond motifs is 1. The largest absolute Gasteiger partial charge is 0.486 e. The molecule has 160 valence electrons. The fraction of sp³-hybridized carbons (Fsp3) is 0.320. The lowest BCUT2D eigenvalue weighted by molar-refractivity contribution is -0.385. The quantitative estimate of drug-likeness (QED) is 0.357. The van der Waals surface area contributed by atoms with Crippen molar-refractivity contribution in [3.05, 3.63) is 70.3 Å². The Morgan fingerprint density at radius 3 is 2.52 bits per heavy atom. The molecule has 0 heterocycles. The average molecular weight is 419 g/mol. The Balaban J connectivity index is 1.80. The van der Waals surface area contributed by atoms with Gasteiger partial charge in [-0.25, -0.2) is 0 Å². The molecule has 4 rings (SSSR count). The van der Waals surface area contributed by atoms with Crippen LogP contribution in [-0.2, 0) is 11.2 Å². The highest BCUT2D eigenvalue weighted by Gasteiger charge is 2.25. The molecule has 0 spiro atoms. The fourth-order valence-corrected chi connectivity index (χ4v) is 4.30. The van der Waals surface area contributed by atoms with Crippen LogP contribution in [-0.4, -0.2) is 22.6 Å². The summed E-state index contributed by atoms with van der Waals surface area (Å²) >= 11 is 0. The fourth-order valence-electron chi connectivity index (χ4n) is 4.30.